The van der Waals surface area contributed by atoms with Gasteiger partial charge in [-0.25, -0.2) is 61.6 Å². The molecule has 0 radical (unpaired) electrons. The average Bonchev–Trinajstić information content (AvgIpc) is 2.62. The molecule has 0 aliphatic heterocycles. The third-order valence-corrected chi connectivity index (χ3v) is 4.09. The fourth-order valence-electron chi connectivity index (χ4n) is 2.85. The predicted molar refractivity (Wildman–Crippen MR) is 96.8 cm³/mol. The second kappa shape index (κ2) is 7.19. The lowest BCUT2D eigenvalue weighted by Gasteiger charge is -2.30. The van der Waals surface area contributed by atoms with Gasteiger partial charge in [0.2, 0.25) is 0 Å². The Morgan fingerprint density at radius 1 is 0.594 bits per heavy atom. The highest BCUT2D eigenvalue weighted by molar-refractivity contribution is 5.76. The van der Waals surface area contributed by atoms with Crippen molar-refractivity contribution in [2.45, 2.75) is 12.2 Å². The first kappa shape index (κ1) is 21.4. The van der Waals surface area contributed by atoms with E-state index in [4.69, 9.17) is 0 Å². The Balaban J connectivity index is 2.64. The first-order valence-electron chi connectivity index (χ1n) is 7.97. The quantitative estimate of drug-likeness (QED) is 0.189. The van der Waals surface area contributed by atoms with Gasteiger partial charge in [0, 0.05) is 0 Å². The molecular formula is C12H9N9O11. The molecule has 0 amide bonds. The molecule has 0 aromatic carbocycles. The maximum atomic E-state index is 12.4. The Hall–Kier alpha value is -5.30. The molecule has 168 valence electrons. The molecule has 0 atom stereocenters. The number of carboxylic acid groups (broad SMARTS) is 1. The van der Waals surface area contributed by atoms with Gasteiger partial charge in [0.1, 0.15) is 0 Å². The van der Waals surface area contributed by atoms with Crippen LogP contribution in [0.4, 0.5) is 0 Å². The first-order chi connectivity index (χ1) is 14.9. The Kier molecular flexibility index (Phi) is 4.81. The minimum absolute atomic E-state index is 0.0660. The van der Waals surface area contributed by atoms with Crippen LogP contribution in [0.1, 0.15) is 0 Å². The summed E-state index contributed by atoms with van der Waals surface area (Å²) in [5, 5.41) is 9.96. The average molecular weight is 455 g/mol. The Morgan fingerprint density at radius 3 is 1.16 bits per heavy atom. The molecule has 3 aromatic heterocycles. The number of hydrogen-bond donors (Lipinski definition) is 7. The zero-order valence-corrected chi connectivity index (χ0v) is 15.1. The molecule has 3 heterocycles. The molecule has 0 fully saturated rings. The molecule has 0 saturated heterocycles. The molecule has 0 aliphatic carbocycles. The number of nitrogens with zero attached hydrogens (tertiary/aromatic N) is 3. The van der Waals surface area contributed by atoms with E-state index in [2.05, 4.69) is 0 Å². The Labute approximate surface area is 167 Å². The van der Waals surface area contributed by atoms with Crippen molar-refractivity contribution in [3.63, 3.8) is 0 Å². The van der Waals surface area contributed by atoms with Crippen molar-refractivity contribution in [1.82, 2.24) is 43.6 Å². The van der Waals surface area contributed by atoms with Gasteiger partial charge in [-0.3, -0.25) is 29.9 Å². The van der Waals surface area contributed by atoms with Crippen molar-refractivity contribution in [3.05, 3.63) is 94.4 Å². The number of carboxylic acids is 1. The topological polar surface area (TPSA) is 300 Å². The standard InChI is InChI=1S/C12H9N9O11/c22-2(23)12(20-8(29)15-4(25)16-9(20)30,21-10(31)17-5(26)18-11(21)32)1-19-6(27)13-3(24)14-7(19)28/h1H2,(H,22,23)(H2,13,14,24,27,28)(H2,15,16,25,29,30)(H2,17,18,26,31,32). The van der Waals surface area contributed by atoms with Gasteiger partial charge in [0.15, 0.2) is 0 Å². The van der Waals surface area contributed by atoms with Crippen molar-refractivity contribution in [2.75, 3.05) is 0 Å². The molecule has 3 rings (SSSR count). The van der Waals surface area contributed by atoms with E-state index in [1.165, 1.54) is 19.9 Å². The summed E-state index contributed by atoms with van der Waals surface area (Å²) in [5.41, 5.74) is -18.0. The maximum absolute atomic E-state index is 12.4. The van der Waals surface area contributed by atoms with Gasteiger partial charge in [0.05, 0.1) is 6.54 Å². The third kappa shape index (κ3) is 3.21. The van der Waals surface area contributed by atoms with Crippen molar-refractivity contribution >= 4 is 5.97 Å². The van der Waals surface area contributed by atoms with Crippen LogP contribution in [0.25, 0.3) is 0 Å². The number of carbonyl (C=O) groups is 1. The zero-order chi connectivity index (χ0) is 24.0. The maximum Gasteiger partial charge on any atom is 0.354 e. The van der Waals surface area contributed by atoms with Crippen LogP contribution < -0.4 is 51.2 Å². The molecule has 32 heavy (non-hydrogen) atoms. The number of nitrogens with one attached hydrogen (secondary N) is 6. The molecule has 7 N–H and O–H groups in total. The van der Waals surface area contributed by atoms with Crippen LogP contribution in [0.15, 0.2) is 43.2 Å². The molecule has 3 aromatic rings. The van der Waals surface area contributed by atoms with E-state index in [1.54, 1.807) is 9.97 Å². The lowest BCUT2D eigenvalue weighted by Crippen LogP contribution is -2.69. The van der Waals surface area contributed by atoms with Gasteiger partial charge in [-0.1, -0.05) is 0 Å². The normalized spacial score (nSPS) is 11.4. The van der Waals surface area contributed by atoms with Crippen LogP contribution in [0, 0.1) is 0 Å². The van der Waals surface area contributed by atoms with Gasteiger partial charge in [0.25, 0.3) is 5.66 Å². The summed E-state index contributed by atoms with van der Waals surface area (Å²) >= 11 is 0. The van der Waals surface area contributed by atoms with Gasteiger partial charge in [-0.05, 0) is 0 Å². The highest BCUT2D eigenvalue weighted by Gasteiger charge is 2.49. The summed E-state index contributed by atoms with van der Waals surface area (Å²) in [6.07, 6.45) is 0. The largest absolute Gasteiger partial charge is 0.478 e. The van der Waals surface area contributed by atoms with E-state index in [1.807, 2.05) is 0 Å². The summed E-state index contributed by atoms with van der Waals surface area (Å²) in [6.45, 7) is -1.64. The third-order valence-electron chi connectivity index (χ3n) is 4.09. The molecule has 0 unspecified atom stereocenters. The number of aliphatic carboxylic acids is 1. The van der Waals surface area contributed by atoms with Gasteiger partial charge in [-0.2, -0.15) is 0 Å². The SMILES string of the molecule is O=C(O)C(Cn1c(=O)[nH]c(=O)[nH]c1=O)(n1c(=O)[nH]c(=O)[nH]c1=O)n1c(=O)[nH]c(=O)[nH]c1=O. The summed E-state index contributed by atoms with van der Waals surface area (Å²) in [4.78, 5) is 129. The van der Waals surface area contributed by atoms with Crippen molar-refractivity contribution in [3.8, 4) is 0 Å². The highest BCUT2D eigenvalue weighted by atomic mass is 16.4. The monoisotopic (exact) mass is 455 g/mol. The van der Waals surface area contributed by atoms with E-state index >= 15 is 0 Å². The number of rotatable bonds is 5. The highest BCUT2D eigenvalue weighted by Crippen LogP contribution is 2.14. The van der Waals surface area contributed by atoms with Crippen molar-refractivity contribution < 1.29 is 9.90 Å². The van der Waals surface area contributed by atoms with Crippen LogP contribution >= 0.6 is 0 Å². The number of aromatic nitrogens is 9. The second-order valence-electron chi connectivity index (χ2n) is 5.95. The fourth-order valence-corrected chi connectivity index (χ4v) is 2.85. The molecule has 0 spiro atoms. The number of hydrogen-bond acceptors (Lipinski definition) is 10. The molecule has 0 bridgehead atoms. The number of aromatic amines is 6. The predicted octanol–water partition coefficient (Wildman–Crippen LogP) is -7.71. The summed E-state index contributed by atoms with van der Waals surface area (Å²) in [6, 6.07) is 0. The van der Waals surface area contributed by atoms with Gasteiger partial charge >= 0.3 is 57.2 Å². The lowest BCUT2D eigenvalue weighted by molar-refractivity contribution is -0.151. The first-order valence-corrected chi connectivity index (χ1v) is 7.97. The van der Waals surface area contributed by atoms with E-state index in [0.29, 0.717) is 0 Å². The molecule has 0 aliphatic rings. The molecule has 20 heteroatoms. The van der Waals surface area contributed by atoms with E-state index in [-0.39, 0.29) is 13.7 Å². The summed E-state index contributed by atoms with van der Waals surface area (Å²) in [5.74, 6) is -2.35. The van der Waals surface area contributed by atoms with Crippen LogP contribution in [0.3, 0.4) is 0 Å². The van der Waals surface area contributed by atoms with Crippen LogP contribution in [-0.2, 0) is 17.0 Å². The Morgan fingerprint density at radius 2 is 0.875 bits per heavy atom. The summed E-state index contributed by atoms with van der Waals surface area (Å²) < 4.78 is -0.783. The van der Waals surface area contributed by atoms with E-state index in [9.17, 15) is 53.1 Å². The fraction of sp³-hybridized carbons (Fsp3) is 0.167. The zero-order valence-electron chi connectivity index (χ0n) is 15.1. The molecule has 0 saturated carbocycles. The minimum Gasteiger partial charge on any atom is -0.478 e. The number of H-pyrrole nitrogens is 6. The lowest BCUT2D eigenvalue weighted by atomic mass is 10.1. The molecule has 20 nitrogen and oxygen atoms in total. The van der Waals surface area contributed by atoms with Gasteiger partial charge in [-0.15, -0.1) is 0 Å². The van der Waals surface area contributed by atoms with Crippen LogP contribution in [0.2, 0.25) is 0 Å². The Bertz CT molecular complexity index is 1600. The van der Waals surface area contributed by atoms with Crippen molar-refractivity contribution in [2.24, 2.45) is 0 Å². The summed E-state index contributed by atoms with van der Waals surface area (Å²) in [7, 11) is 0. The molecular weight excluding hydrogens is 446 g/mol. The van der Waals surface area contributed by atoms with Crippen LogP contribution in [0.5, 0.6) is 0 Å². The van der Waals surface area contributed by atoms with E-state index < -0.39 is 69.4 Å². The minimum atomic E-state index is -3.57. The smallest absolute Gasteiger partial charge is 0.354 e. The van der Waals surface area contributed by atoms with Crippen LogP contribution in [-0.4, -0.2) is 54.7 Å². The van der Waals surface area contributed by atoms with E-state index in [0.717, 1.165) is 0 Å². The van der Waals surface area contributed by atoms with Crippen molar-refractivity contribution in [1.29, 1.82) is 0 Å². The van der Waals surface area contributed by atoms with Gasteiger partial charge < -0.3 is 5.11 Å². The second-order valence-corrected chi connectivity index (χ2v) is 5.95.